The maximum Gasteiger partial charge on any atom is 0.403 e. The molecule has 2 nitrogen and oxygen atoms in total. The molecule has 0 aliphatic carbocycles. The van der Waals surface area contributed by atoms with E-state index in [2.05, 4.69) is 5.32 Å². The first kappa shape index (κ1) is 14.5. The number of hydrogen-bond donors (Lipinski definition) is 1. The maximum absolute atomic E-state index is 12.7. The summed E-state index contributed by atoms with van der Waals surface area (Å²) in [5.41, 5.74) is 0.844. The average Bonchev–Trinajstić information content (AvgIpc) is 2.38. The number of rotatable bonds is 2. The van der Waals surface area contributed by atoms with Gasteiger partial charge in [0.15, 0.2) is 0 Å². The second-order valence-electron chi connectivity index (χ2n) is 4.66. The van der Waals surface area contributed by atoms with Crippen molar-refractivity contribution in [2.45, 2.75) is 31.0 Å². The highest BCUT2D eigenvalue weighted by molar-refractivity contribution is 6.32. The molecular weight excluding hydrogens is 279 g/mol. The molecule has 106 valence electrons. The van der Waals surface area contributed by atoms with E-state index in [4.69, 9.17) is 16.3 Å². The van der Waals surface area contributed by atoms with Gasteiger partial charge in [0.05, 0.1) is 12.1 Å². The van der Waals surface area contributed by atoms with Gasteiger partial charge in [-0.1, -0.05) is 17.7 Å². The van der Waals surface area contributed by atoms with E-state index >= 15 is 0 Å². The normalized spacial score (nSPS) is 24.3. The lowest BCUT2D eigenvalue weighted by atomic mass is 9.86. The van der Waals surface area contributed by atoms with Gasteiger partial charge in [-0.15, -0.1) is 0 Å². The molecule has 0 bridgehead atoms. The molecule has 0 radical (unpaired) electrons. The van der Waals surface area contributed by atoms with Crippen LogP contribution in [0.1, 0.15) is 24.3 Å². The number of alkyl halides is 3. The summed E-state index contributed by atoms with van der Waals surface area (Å²) in [6, 6.07) is 3.73. The summed E-state index contributed by atoms with van der Waals surface area (Å²) in [4.78, 5) is 0. The fourth-order valence-corrected chi connectivity index (χ4v) is 2.59. The van der Waals surface area contributed by atoms with Gasteiger partial charge < -0.3 is 10.1 Å². The second kappa shape index (κ2) is 5.59. The molecule has 1 fully saturated rings. The summed E-state index contributed by atoms with van der Waals surface area (Å²) in [5.74, 6) is 0.375. The topological polar surface area (TPSA) is 21.3 Å². The van der Waals surface area contributed by atoms with E-state index in [1.807, 2.05) is 0 Å². The number of halogens is 4. The minimum absolute atomic E-state index is 0.0499. The van der Waals surface area contributed by atoms with Crippen LogP contribution in [0.15, 0.2) is 18.2 Å². The molecule has 1 heterocycles. The number of methoxy groups -OCH3 is 1. The van der Waals surface area contributed by atoms with E-state index < -0.39 is 12.2 Å². The number of benzene rings is 1. The van der Waals surface area contributed by atoms with Crippen LogP contribution in [0.3, 0.4) is 0 Å². The molecular formula is C13H15ClF3NO. The zero-order chi connectivity index (χ0) is 14.0. The first-order valence-corrected chi connectivity index (χ1v) is 6.43. The Morgan fingerprint density at radius 3 is 2.74 bits per heavy atom. The highest BCUT2D eigenvalue weighted by Crippen LogP contribution is 2.36. The van der Waals surface area contributed by atoms with Crippen LogP contribution in [0, 0.1) is 0 Å². The van der Waals surface area contributed by atoms with Gasteiger partial charge in [0.25, 0.3) is 0 Å². The third kappa shape index (κ3) is 3.34. The van der Waals surface area contributed by atoms with E-state index in [9.17, 15) is 13.2 Å². The zero-order valence-electron chi connectivity index (χ0n) is 10.4. The molecule has 2 rings (SSSR count). The van der Waals surface area contributed by atoms with Crippen molar-refractivity contribution in [1.82, 2.24) is 5.32 Å². The molecule has 1 aromatic carbocycles. The number of hydrogen-bond acceptors (Lipinski definition) is 2. The molecule has 0 spiro atoms. The molecule has 19 heavy (non-hydrogen) atoms. The van der Waals surface area contributed by atoms with Gasteiger partial charge in [0.2, 0.25) is 0 Å². The Bertz CT molecular complexity index is 450. The highest BCUT2D eigenvalue weighted by atomic mass is 35.5. The Labute approximate surface area is 114 Å². The van der Waals surface area contributed by atoms with Crippen LogP contribution >= 0.6 is 11.6 Å². The van der Waals surface area contributed by atoms with Crippen molar-refractivity contribution >= 4 is 11.6 Å². The Hall–Kier alpha value is -0.940. The van der Waals surface area contributed by atoms with Crippen LogP contribution in [0.5, 0.6) is 5.75 Å². The van der Waals surface area contributed by atoms with Crippen LogP contribution < -0.4 is 10.1 Å². The van der Waals surface area contributed by atoms with Crippen molar-refractivity contribution in [3.8, 4) is 5.75 Å². The molecule has 0 saturated carbocycles. The molecule has 1 aliphatic heterocycles. The minimum Gasteiger partial charge on any atom is -0.495 e. The van der Waals surface area contributed by atoms with Crippen molar-refractivity contribution in [1.29, 1.82) is 0 Å². The molecule has 0 amide bonds. The number of ether oxygens (including phenoxy) is 1. The van der Waals surface area contributed by atoms with Gasteiger partial charge in [-0.3, -0.25) is 0 Å². The third-order valence-corrected chi connectivity index (χ3v) is 3.76. The van der Waals surface area contributed by atoms with Gasteiger partial charge in [-0.2, -0.15) is 13.2 Å². The fraction of sp³-hybridized carbons (Fsp3) is 0.538. The molecule has 1 saturated heterocycles. The summed E-state index contributed by atoms with van der Waals surface area (Å²) in [6.07, 6.45) is -3.47. The van der Waals surface area contributed by atoms with Gasteiger partial charge >= 0.3 is 6.18 Å². The predicted octanol–water partition coefficient (Wildman–Crippen LogP) is 3.75. The van der Waals surface area contributed by atoms with Crippen molar-refractivity contribution in [3.05, 3.63) is 28.8 Å². The molecule has 1 aliphatic rings. The van der Waals surface area contributed by atoms with Gasteiger partial charge in [0.1, 0.15) is 11.8 Å². The second-order valence-corrected chi connectivity index (χ2v) is 5.07. The molecule has 0 aromatic heterocycles. The monoisotopic (exact) mass is 293 g/mol. The van der Waals surface area contributed by atoms with E-state index in [0.29, 0.717) is 23.7 Å². The van der Waals surface area contributed by atoms with Crippen molar-refractivity contribution in [2.75, 3.05) is 13.7 Å². The van der Waals surface area contributed by atoms with E-state index in [0.717, 1.165) is 5.56 Å². The first-order valence-electron chi connectivity index (χ1n) is 6.05. The van der Waals surface area contributed by atoms with Gasteiger partial charge in [-0.05, 0) is 43.0 Å². The number of nitrogens with one attached hydrogen (secondary N) is 1. The van der Waals surface area contributed by atoms with Crippen LogP contribution in [-0.2, 0) is 0 Å². The summed E-state index contributed by atoms with van der Waals surface area (Å²) < 4.78 is 43.3. The fourth-order valence-electron chi connectivity index (χ4n) is 2.40. The standard InChI is InChI=1S/C13H15ClF3NO/c1-19-11-6-8(2-3-10(11)14)9-4-5-18-12(7-9)13(15,16)17/h2-3,6,9,12,18H,4-5,7H2,1H3. The van der Waals surface area contributed by atoms with Crippen LogP contribution in [0.25, 0.3) is 0 Å². The quantitative estimate of drug-likeness (QED) is 0.897. The summed E-state index contributed by atoms with van der Waals surface area (Å²) >= 11 is 5.92. The zero-order valence-corrected chi connectivity index (χ0v) is 11.2. The van der Waals surface area contributed by atoms with Crippen molar-refractivity contribution < 1.29 is 17.9 Å². The Kier molecular flexibility index (Phi) is 4.26. The average molecular weight is 294 g/mol. The molecule has 1 aromatic rings. The lowest BCUT2D eigenvalue weighted by molar-refractivity contribution is -0.161. The van der Waals surface area contributed by atoms with Gasteiger partial charge in [0, 0.05) is 0 Å². The Balaban J connectivity index is 2.17. The molecule has 2 unspecified atom stereocenters. The number of piperidine rings is 1. The predicted molar refractivity (Wildman–Crippen MR) is 67.8 cm³/mol. The van der Waals surface area contributed by atoms with Crippen molar-refractivity contribution in [3.63, 3.8) is 0 Å². The molecule has 1 N–H and O–H groups in total. The largest absolute Gasteiger partial charge is 0.495 e. The SMILES string of the molecule is COc1cc(C2CCNC(C(F)(F)F)C2)ccc1Cl. The highest BCUT2D eigenvalue weighted by Gasteiger charge is 2.42. The van der Waals surface area contributed by atoms with Gasteiger partial charge in [-0.25, -0.2) is 0 Å². The molecule has 2 atom stereocenters. The van der Waals surface area contributed by atoms with Crippen LogP contribution in [-0.4, -0.2) is 25.9 Å². The Morgan fingerprint density at radius 1 is 1.37 bits per heavy atom. The first-order chi connectivity index (χ1) is 8.91. The summed E-state index contributed by atoms with van der Waals surface area (Å²) in [7, 11) is 1.49. The minimum atomic E-state index is -4.20. The van der Waals surface area contributed by atoms with Crippen LogP contribution in [0.2, 0.25) is 5.02 Å². The third-order valence-electron chi connectivity index (χ3n) is 3.45. The summed E-state index contributed by atoms with van der Waals surface area (Å²) in [6.45, 7) is 0.361. The lowest BCUT2D eigenvalue weighted by Crippen LogP contribution is -2.47. The van der Waals surface area contributed by atoms with E-state index in [-0.39, 0.29) is 12.3 Å². The van der Waals surface area contributed by atoms with E-state index in [1.54, 1.807) is 18.2 Å². The maximum atomic E-state index is 12.7. The molecule has 6 heteroatoms. The summed E-state index contributed by atoms with van der Waals surface area (Å²) in [5, 5.41) is 2.98. The van der Waals surface area contributed by atoms with E-state index in [1.165, 1.54) is 7.11 Å². The Morgan fingerprint density at radius 2 is 2.11 bits per heavy atom. The van der Waals surface area contributed by atoms with Crippen molar-refractivity contribution in [2.24, 2.45) is 0 Å². The lowest BCUT2D eigenvalue weighted by Gasteiger charge is -2.32. The smallest absolute Gasteiger partial charge is 0.403 e. The van der Waals surface area contributed by atoms with Crippen LogP contribution in [0.4, 0.5) is 13.2 Å².